The van der Waals surface area contributed by atoms with Gasteiger partial charge in [0.1, 0.15) is 6.04 Å². The summed E-state index contributed by atoms with van der Waals surface area (Å²) in [4.78, 5) is 38.7. The van der Waals surface area contributed by atoms with E-state index in [9.17, 15) is 19.5 Å². The Morgan fingerprint density at radius 1 is 0.755 bits per heavy atom. The van der Waals surface area contributed by atoms with Crippen LogP contribution < -0.4 is 5.32 Å². The third-order valence-electron chi connectivity index (χ3n) is 13.0. The van der Waals surface area contributed by atoms with E-state index < -0.39 is 6.04 Å². The number of fused-ring (bicyclic) bond motifs is 1. The van der Waals surface area contributed by atoms with Crippen LogP contribution in [0.3, 0.4) is 0 Å². The van der Waals surface area contributed by atoms with Gasteiger partial charge in [0.05, 0.1) is 31.5 Å². The number of allylic oxidation sites excluding steroid dienone is 2. The van der Waals surface area contributed by atoms with Crippen LogP contribution in [0, 0.1) is 29.6 Å². The van der Waals surface area contributed by atoms with Gasteiger partial charge in [-0.25, -0.2) is 0 Å². The molecule has 4 unspecified atom stereocenters. The fraction of sp³-hybridized carbons (Fsp3) is 0.875. The van der Waals surface area contributed by atoms with Crippen molar-refractivity contribution in [1.82, 2.24) is 10.2 Å². The van der Waals surface area contributed by atoms with Crippen LogP contribution in [-0.4, -0.2) is 85.1 Å². The molecule has 2 heterocycles. The predicted molar refractivity (Wildman–Crippen MR) is 187 cm³/mol. The van der Waals surface area contributed by atoms with Gasteiger partial charge >= 0.3 is 0 Å². The van der Waals surface area contributed by atoms with E-state index in [1.807, 2.05) is 5.57 Å². The summed E-state index contributed by atoms with van der Waals surface area (Å²) in [5.74, 6) is 1.86. The molecule has 2 aliphatic heterocycles. The Hall–Kier alpha value is -1.81. The van der Waals surface area contributed by atoms with Gasteiger partial charge in [-0.15, -0.1) is 0 Å². The number of nitrogens with zero attached hydrogens (tertiary/aromatic N) is 1. The first kappa shape index (κ1) is 37.0. The molecular formula is C40H64N2O7. The third-order valence-corrected chi connectivity index (χ3v) is 13.0. The van der Waals surface area contributed by atoms with Gasteiger partial charge in [-0.3, -0.25) is 19.7 Å². The first-order valence-corrected chi connectivity index (χ1v) is 20.3. The number of likely N-dealkylation sites (tertiary alicyclic amines) is 1. The summed E-state index contributed by atoms with van der Waals surface area (Å²) in [6, 6.07) is -0.510. The summed E-state index contributed by atoms with van der Waals surface area (Å²) < 4.78 is 18.4. The number of hydrogen-bond donors (Lipinski definition) is 2. The average molecular weight is 685 g/mol. The lowest BCUT2D eigenvalue weighted by Gasteiger charge is -2.39. The number of carbonyl (C=O) groups is 3. The third kappa shape index (κ3) is 9.55. The van der Waals surface area contributed by atoms with Crippen molar-refractivity contribution in [2.45, 2.75) is 160 Å². The lowest BCUT2D eigenvalue weighted by Crippen LogP contribution is -2.53. The molecule has 0 aromatic heterocycles. The molecule has 0 spiro atoms. The Kier molecular flexibility index (Phi) is 13.7. The minimum absolute atomic E-state index is 0.0237. The van der Waals surface area contributed by atoms with E-state index in [-0.39, 0.29) is 41.8 Å². The van der Waals surface area contributed by atoms with Gasteiger partial charge in [-0.1, -0.05) is 37.3 Å². The Morgan fingerprint density at radius 2 is 1.45 bits per heavy atom. The minimum Gasteiger partial charge on any atom is -0.393 e. The van der Waals surface area contributed by atoms with Crippen LogP contribution in [0.4, 0.5) is 0 Å². The van der Waals surface area contributed by atoms with Crippen LogP contribution in [0.1, 0.15) is 135 Å². The molecule has 9 heteroatoms. The summed E-state index contributed by atoms with van der Waals surface area (Å²) in [7, 11) is 0. The van der Waals surface area contributed by atoms with Crippen molar-refractivity contribution in [3.63, 3.8) is 0 Å². The second-order valence-corrected chi connectivity index (χ2v) is 16.1. The summed E-state index contributed by atoms with van der Waals surface area (Å²) >= 11 is 0. The normalized spacial score (nSPS) is 35.2. The SMILES string of the molecule is CC/C(=C(\C1CCC(O)CC1)C1CCC(OCCOCCCOC2CCC3C(=O)N(C4CCC(=O)NC4=O)CC3C2)CC1)C1CCCCC1. The van der Waals surface area contributed by atoms with E-state index in [0.717, 1.165) is 57.3 Å². The van der Waals surface area contributed by atoms with Crippen molar-refractivity contribution in [1.29, 1.82) is 0 Å². The molecular weight excluding hydrogens is 620 g/mol. The molecule has 0 aromatic carbocycles. The van der Waals surface area contributed by atoms with E-state index in [1.54, 1.807) is 10.5 Å². The van der Waals surface area contributed by atoms with Crippen molar-refractivity contribution < 1.29 is 33.7 Å². The fourth-order valence-corrected chi connectivity index (χ4v) is 10.5. The fourth-order valence-electron chi connectivity index (χ4n) is 10.5. The number of ether oxygens (including phenoxy) is 3. The number of aliphatic hydroxyl groups excluding tert-OH is 1. The zero-order valence-corrected chi connectivity index (χ0v) is 30.2. The van der Waals surface area contributed by atoms with Gasteiger partial charge in [0.2, 0.25) is 17.7 Å². The second-order valence-electron chi connectivity index (χ2n) is 16.1. The van der Waals surface area contributed by atoms with Crippen molar-refractivity contribution in [2.75, 3.05) is 33.0 Å². The second kappa shape index (κ2) is 18.1. The first-order valence-electron chi connectivity index (χ1n) is 20.3. The number of nitrogens with one attached hydrogen (secondary N) is 1. The molecule has 2 N–H and O–H groups in total. The molecule has 4 atom stereocenters. The van der Waals surface area contributed by atoms with Crippen molar-refractivity contribution in [2.24, 2.45) is 29.6 Å². The zero-order valence-electron chi connectivity index (χ0n) is 30.2. The van der Waals surface area contributed by atoms with Crippen LogP contribution >= 0.6 is 0 Å². The van der Waals surface area contributed by atoms with Crippen LogP contribution in [0.5, 0.6) is 0 Å². The van der Waals surface area contributed by atoms with E-state index in [4.69, 9.17) is 14.2 Å². The molecule has 6 fully saturated rings. The maximum absolute atomic E-state index is 13.0. The maximum Gasteiger partial charge on any atom is 0.249 e. The topological polar surface area (TPSA) is 114 Å². The van der Waals surface area contributed by atoms with Crippen molar-refractivity contribution in [3.05, 3.63) is 11.1 Å². The van der Waals surface area contributed by atoms with Crippen LogP contribution in [0.15, 0.2) is 11.1 Å². The molecule has 0 bridgehead atoms. The zero-order chi connectivity index (χ0) is 34.2. The van der Waals surface area contributed by atoms with Crippen molar-refractivity contribution in [3.8, 4) is 0 Å². The number of carbonyl (C=O) groups excluding carboxylic acids is 3. The molecule has 3 amide bonds. The molecule has 0 radical (unpaired) electrons. The first-order chi connectivity index (χ1) is 23.9. The maximum atomic E-state index is 13.0. The number of piperidine rings is 1. The molecule has 49 heavy (non-hydrogen) atoms. The number of aliphatic hydroxyl groups is 1. The molecule has 2 saturated heterocycles. The summed E-state index contributed by atoms with van der Waals surface area (Å²) in [6.45, 7) is 5.54. The van der Waals surface area contributed by atoms with Gasteiger partial charge in [-0.2, -0.15) is 0 Å². The largest absolute Gasteiger partial charge is 0.393 e. The lowest BCUT2D eigenvalue weighted by atomic mass is 9.68. The van der Waals surface area contributed by atoms with Crippen LogP contribution in [-0.2, 0) is 28.6 Å². The van der Waals surface area contributed by atoms with E-state index in [1.165, 1.54) is 64.2 Å². The molecule has 4 saturated carbocycles. The Labute approximate surface area is 294 Å². The van der Waals surface area contributed by atoms with Gasteiger partial charge in [0.25, 0.3) is 0 Å². The van der Waals surface area contributed by atoms with Crippen LogP contribution in [0.25, 0.3) is 0 Å². The molecule has 0 aromatic rings. The number of rotatable bonds is 14. The minimum atomic E-state index is -0.510. The van der Waals surface area contributed by atoms with Crippen LogP contribution in [0.2, 0.25) is 0 Å². The number of imide groups is 1. The van der Waals surface area contributed by atoms with E-state index in [2.05, 4.69) is 12.2 Å². The van der Waals surface area contributed by atoms with Gasteiger partial charge < -0.3 is 24.2 Å². The molecule has 6 rings (SSSR count). The summed E-state index contributed by atoms with van der Waals surface area (Å²) in [6.07, 6.45) is 21.6. The van der Waals surface area contributed by atoms with E-state index in [0.29, 0.717) is 63.8 Å². The average Bonchev–Trinajstić information content (AvgIpc) is 3.44. The molecule has 276 valence electrons. The summed E-state index contributed by atoms with van der Waals surface area (Å²) in [5.41, 5.74) is 3.63. The van der Waals surface area contributed by atoms with Gasteiger partial charge in [0.15, 0.2) is 0 Å². The highest BCUT2D eigenvalue weighted by molar-refractivity contribution is 6.02. The van der Waals surface area contributed by atoms with Gasteiger partial charge in [-0.05, 0) is 126 Å². The molecule has 4 aliphatic carbocycles. The predicted octanol–water partition coefficient (Wildman–Crippen LogP) is 6.26. The standard InChI is InChI=1S/C40H64N2O7/c1-2-34(27-7-4-3-5-8-27)38(28-9-13-31(43)14-10-28)29-11-15-32(16-12-29)49-24-23-47-21-6-22-48-33-17-18-35-30(25-33)26-42(40(35)46)36-19-20-37(44)41-39(36)45/h27-33,35-36,43H,2-26H2,1H3,(H,41,44,45)/b38-34-. The van der Waals surface area contributed by atoms with Gasteiger partial charge in [0, 0.05) is 32.1 Å². The molecule has 6 aliphatic rings. The van der Waals surface area contributed by atoms with Crippen molar-refractivity contribution >= 4 is 17.7 Å². The lowest BCUT2D eigenvalue weighted by molar-refractivity contribution is -0.145. The number of amides is 3. The highest BCUT2D eigenvalue weighted by Gasteiger charge is 2.48. The highest BCUT2D eigenvalue weighted by Crippen LogP contribution is 2.46. The smallest absolute Gasteiger partial charge is 0.249 e. The Morgan fingerprint density at radius 3 is 2.16 bits per heavy atom. The highest BCUT2D eigenvalue weighted by atomic mass is 16.5. The quantitative estimate of drug-likeness (QED) is 0.126. The monoisotopic (exact) mass is 684 g/mol. The Bertz CT molecular complexity index is 1140. The molecule has 9 nitrogen and oxygen atoms in total. The number of hydrogen-bond acceptors (Lipinski definition) is 7. The summed E-state index contributed by atoms with van der Waals surface area (Å²) in [5, 5.41) is 12.6. The Balaban J connectivity index is 0.851. The van der Waals surface area contributed by atoms with E-state index >= 15 is 0 Å².